The first-order valence-electron chi connectivity index (χ1n) is 14.0. The molecule has 2 aromatic carbocycles. The first kappa shape index (κ1) is 28.7. The van der Waals surface area contributed by atoms with Crippen molar-refractivity contribution in [2.24, 2.45) is 0 Å². The van der Waals surface area contributed by atoms with E-state index in [2.05, 4.69) is 106 Å². The lowest BCUT2D eigenvalue weighted by atomic mass is 9.79. The number of benzene rings is 2. The van der Waals surface area contributed by atoms with Gasteiger partial charge in [0, 0.05) is 0 Å². The van der Waals surface area contributed by atoms with E-state index < -0.39 is 0 Å². The van der Waals surface area contributed by atoms with Crippen molar-refractivity contribution in [1.29, 1.82) is 0 Å². The fourth-order valence-electron chi connectivity index (χ4n) is 4.59. The summed E-state index contributed by atoms with van der Waals surface area (Å²) in [7, 11) is 0. The summed E-state index contributed by atoms with van der Waals surface area (Å²) in [4.78, 5) is 0. The third-order valence-electron chi connectivity index (χ3n) is 7.31. The summed E-state index contributed by atoms with van der Waals surface area (Å²) >= 11 is 0. The van der Waals surface area contributed by atoms with Crippen LogP contribution in [-0.4, -0.2) is 0 Å². The number of rotatable bonds is 11. The van der Waals surface area contributed by atoms with Crippen LogP contribution < -0.4 is 0 Å². The van der Waals surface area contributed by atoms with E-state index in [4.69, 9.17) is 0 Å². The van der Waals surface area contributed by atoms with Crippen molar-refractivity contribution in [2.45, 2.75) is 143 Å². The van der Waals surface area contributed by atoms with Gasteiger partial charge in [0.25, 0.3) is 0 Å². The average Bonchev–Trinajstić information content (AvgIpc) is 2.77. The summed E-state index contributed by atoms with van der Waals surface area (Å²) in [5.41, 5.74) is 8.14. The Morgan fingerprint density at radius 3 is 1.24 bits per heavy atom. The highest BCUT2D eigenvalue weighted by molar-refractivity contribution is 5.67. The van der Waals surface area contributed by atoms with Crippen LogP contribution in [0.3, 0.4) is 0 Å². The smallest absolute Gasteiger partial charge is 0.00583 e. The maximum atomic E-state index is 3.83. The Kier molecular flexibility index (Phi) is 10.5. The minimum Gasteiger partial charge on any atom is -0.0654 e. The van der Waals surface area contributed by atoms with Crippen molar-refractivity contribution >= 4 is 0 Å². The molecule has 0 spiro atoms. The minimum atomic E-state index is 0.0752. The molecule has 0 N–H and O–H groups in total. The predicted molar refractivity (Wildman–Crippen MR) is 152 cm³/mol. The van der Waals surface area contributed by atoms with Crippen molar-refractivity contribution in [3.8, 4) is 11.1 Å². The SMILES string of the molecule is CCCCCC(C)c1cc(-c2[c]c(C(C)(C)C)cc(C(C)CCCCC)c2)[c]c(C(C)(C)C)c1. The van der Waals surface area contributed by atoms with Gasteiger partial charge in [-0.3, -0.25) is 0 Å². The lowest BCUT2D eigenvalue weighted by Gasteiger charge is -2.25. The highest BCUT2D eigenvalue weighted by Gasteiger charge is 2.21. The quantitative estimate of drug-likeness (QED) is 0.292. The average molecular weight is 461 g/mol. The zero-order valence-corrected chi connectivity index (χ0v) is 24.1. The van der Waals surface area contributed by atoms with Crippen molar-refractivity contribution in [1.82, 2.24) is 0 Å². The number of hydrogen-bond donors (Lipinski definition) is 0. The third kappa shape index (κ3) is 8.28. The monoisotopic (exact) mass is 460 g/mol. The van der Waals surface area contributed by atoms with Crippen molar-refractivity contribution in [3.63, 3.8) is 0 Å². The lowest BCUT2D eigenvalue weighted by molar-refractivity contribution is 0.576. The van der Waals surface area contributed by atoms with Crippen LogP contribution >= 0.6 is 0 Å². The van der Waals surface area contributed by atoms with Gasteiger partial charge in [-0.05, 0) is 81.0 Å². The Labute approximate surface area is 213 Å². The standard InChI is InChI=1S/C34H52/c1-11-13-15-17-25(3)27-19-29(23-31(21-27)33(5,6)7)30-20-28(26(4)18-16-14-12-2)22-32(24-30)34(8,9)10/h19-22,25-26H,11-18H2,1-10H3. The molecule has 188 valence electrons. The molecule has 2 unspecified atom stereocenters. The molecule has 0 aliphatic rings. The minimum absolute atomic E-state index is 0.0752. The molecular formula is C34H52. The van der Waals surface area contributed by atoms with Crippen LogP contribution in [0.4, 0.5) is 0 Å². The fourth-order valence-corrected chi connectivity index (χ4v) is 4.59. The van der Waals surface area contributed by atoms with Crippen LogP contribution in [0, 0.1) is 12.1 Å². The summed E-state index contributed by atoms with van der Waals surface area (Å²) in [6.07, 6.45) is 10.3. The molecule has 0 nitrogen and oxygen atoms in total. The van der Waals surface area contributed by atoms with Crippen molar-refractivity contribution < 1.29 is 0 Å². The normalized spacial score (nSPS) is 14.3. The summed E-state index contributed by atoms with van der Waals surface area (Å²) in [5.74, 6) is 1.14. The second-order valence-corrected chi connectivity index (χ2v) is 12.8. The van der Waals surface area contributed by atoms with E-state index in [0.717, 1.165) is 0 Å². The topological polar surface area (TPSA) is 0 Å². The van der Waals surface area contributed by atoms with Crippen molar-refractivity contribution in [2.75, 3.05) is 0 Å². The zero-order valence-electron chi connectivity index (χ0n) is 24.1. The first-order valence-corrected chi connectivity index (χ1v) is 14.0. The molecule has 0 aliphatic heterocycles. The molecule has 0 aliphatic carbocycles. The fraction of sp³-hybridized carbons (Fsp3) is 0.647. The molecule has 2 aromatic rings. The highest BCUT2D eigenvalue weighted by Crippen LogP contribution is 2.36. The first-order chi connectivity index (χ1) is 15.9. The van der Waals surface area contributed by atoms with E-state index in [0.29, 0.717) is 11.8 Å². The highest BCUT2D eigenvalue weighted by atomic mass is 14.3. The Bertz CT molecular complexity index is 812. The predicted octanol–water partition coefficient (Wildman–Crippen LogP) is 10.9. The summed E-state index contributed by atoms with van der Waals surface area (Å²) < 4.78 is 0. The van der Waals surface area contributed by atoms with Gasteiger partial charge < -0.3 is 0 Å². The van der Waals surface area contributed by atoms with Crippen LogP contribution in [0.2, 0.25) is 0 Å². The van der Waals surface area contributed by atoms with Gasteiger partial charge in [0.05, 0.1) is 0 Å². The van der Waals surface area contributed by atoms with E-state index in [-0.39, 0.29) is 10.8 Å². The largest absolute Gasteiger partial charge is 0.0654 e. The number of unbranched alkanes of at least 4 members (excludes halogenated alkanes) is 4. The van der Waals surface area contributed by atoms with Gasteiger partial charge in [-0.25, -0.2) is 0 Å². The molecule has 0 saturated heterocycles. The molecule has 34 heavy (non-hydrogen) atoms. The van der Waals surface area contributed by atoms with E-state index in [1.54, 1.807) is 0 Å². The van der Waals surface area contributed by atoms with Crippen molar-refractivity contribution in [3.05, 3.63) is 58.7 Å². The third-order valence-corrected chi connectivity index (χ3v) is 7.31. The number of hydrogen-bond acceptors (Lipinski definition) is 0. The molecule has 0 heteroatoms. The zero-order chi connectivity index (χ0) is 25.5. The van der Waals surface area contributed by atoms with Crippen LogP contribution in [0.5, 0.6) is 0 Å². The molecule has 0 saturated carbocycles. The molecule has 0 aromatic heterocycles. The maximum absolute atomic E-state index is 3.83. The van der Waals surface area contributed by atoms with Gasteiger partial charge >= 0.3 is 0 Å². The van der Waals surface area contributed by atoms with Crippen LogP contribution in [0.1, 0.15) is 155 Å². The Morgan fingerprint density at radius 2 is 0.941 bits per heavy atom. The summed E-state index contributed by atoms with van der Waals surface area (Å²) in [6.45, 7) is 23.2. The van der Waals surface area contributed by atoms with E-state index in [9.17, 15) is 0 Å². The molecule has 0 amide bonds. The molecule has 0 fully saturated rings. The second-order valence-electron chi connectivity index (χ2n) is 12.8. The van der Waals surface area contributed by atoms with Gasteiger partial charge in [-0.2, -0.15) is 0 Å². The van der Waals surface area contributed by atoms with E-state index in [1.165, 1.54) is 84.7 Å². The molecule has 2 rings (SSSR count). The molecule has 2 radical (unpaired) electrons. The van der Waals surface area contributed by atoms with Crippen LogP contribution in [0.25, 0.3) is 11.1 Å². The Balaban J connectivity index is 2.58. The van der Waals surface area contributed by atoms with Gasteiger partial charge in [0.2, 0.25) is 0 Å². The molecular weight excluding hydrogens is 408 g/mol. The summed E-state index contributed by atoms with van der Waals surface area (Å²) in [5, 5.41) is 0. The molecule has 0 heterocycles. The van der Waals surface area contributed by atoms with Crippen LogP contribution in [-0.2, 0) is 10.8 Å². The summed E-state index contributed by atoms with van der Waals surface area (Å²) in [6, 6.07) is 17.3. The van der Waals surface area contributed by atoms with Gasteiger partial charge in [-0.1, -0.05) is 132 Å². The van der Waals surface area contributed by atoms with Gasteiger partial charge in [0.1, 0.15) is 0 Å². The Morgan fingerprint density at radius 1 is 0.588 bits per heavy atom. The van der Waals surface area contributed by atoms with Gasteiger partial charge in [-0.15, -0.1) is 0 Å². The van der Waals surface area contributed by atoms with Gasteiger partial charge in [0.15, 0.2) is 0 Å². The maximum Gasteiger partial charge on any atom is -0.00583 e. The van der Waals surface area contributed by atoms with Crippen LogP contribution in [0.15, 0.2) is 24.3 Å². The molecule has 2 atom stereocenters. The second kappa shape index (κ2) is 12.4. The Hall–Kier alpha value is -1.56. The lowest BCUT2D eigenvalue weighted by Crippen LogP contribution is -2.14. The molecule has 0 bridgehead atoms. The van der Waals surface area contributed by atoms with E-state index in [1.807, 2.05) is 0 Å². The van der Waals surface area contributed by atoms with E-state index >= 15 is 0 Å².